The van der Waals surface area contributed by atoms with Crippen molar-refractivity contribution in [1.29, 1.82) is 0 Å². The highest BCUT2D eigenvalue weighted by Crippen LogP contribution is 2.13. The summed E-state index contributed by atoms with van der Waals surface area (Å²) in [6.07, 6.45) is -1.14. The normalized spacial score (nSPS) is 12.0. The molecule has 0 saturated carbocycles. The number of nitrogens with zero attached hydrogens (tertiary/aromatic N) is 1. The zero-order chi connectivity index (χ0) is 25.8. The molecule has 35 heavy (non-hydrogen) atoms. The monoisotopic (exact) mass is 486 g/mol. The van der Waals surface area contributed by atoms with Crippen LogP contribution in [0.1, 0.15) is 30.9 Å². The highest BCUT2D eigenvalue weighted by Gasteiger charge is 2.26. The molecule has 0 aliphatic carbocycles. The number of carbonyl (C=O) groups is 4. The van der Waals surface area contributed by atoms with Crippen molar-refractivity contribution in [3.8, 4) is 0 Å². The number of rotatable bonds is 12. The molecular weight excluding hydrogens is 460 g/mol. The number of nitrogens with two attached hydrogens (primary N) is 1. The summed E-state index contributed by atoms with van der Waals surface area (Å²) < 4.78 is 10.3. The number of amides is 3. The van der Waals surface area contributed by atoms with Crippen molar-refractivity contribution in [1.82, 2.24) is 10.6 Å². The molecule has 3 amide bonds. The van der Waals surface area contributed by atoms with Gasteiger partial charge in [0.05, 0.1) is 4.92 Å². The summed E-state index contributed by atoms with van der Waals surface area (Å²) >= 11 is 0. The predicted molar refractivity (Wildman–Crippen MR) is 122 cm³/mol. The van der Waals surface area contributed by atoms with E-state index in [0.29, 0.717) is 5.56 Å². The van der Waals surface area contributed by atoms with Crippen LogP contribution in [0.15, 0.2) is 54.6 Å². The topological polar surface area (TPSA) is 180 Å². The molecule has 0 aliphatic heterocycles. The van der Waals surface area contributed by atoms with E-state index >= 15 is 0 Å². The molecule has 186 valence electrons. The van der Waals surface area contributed by atoms with Crippen molar-refractivity contribution < 1.29 is 33.6 Å². The average molecular weight is 486 g/mol. The Bertz CT molecular complexity index is 1040. The molecule has 12 heteroatoms. The van der Waals surface area contributed by atoms with E-state index in [0.717, 1.165) is 5.56 Å². The lowest BCUT2D eigenvalue weighted by molar-refractivity contribution is -0.384. The molecule has 4 N–H and O–H groups in total. The Morgan fingerprint density at radius 1 is 0.943 bits per heavy atom. The molecule has 2 unspecified atom stereocenters. The number of carbonyl (C=O) groups excluding carboxylic acids is 4. The maximum absolute atomic E-state index is 12.5. The van der Waals surface area contributed by atoms with Crippen LogP contribution in [0.3, 0.4) is 0 Å². The van der Waals surface area contributed by atoms with Gasteiger partial charge in [-0.15, -0.1) is 0 Å². The fraction of sp³-hybridized carbons (Fsp3) is 0.304. The van der Waals surface area contributed by atoms with Gasteiger partial charge >= 0.3 is 12.1 Å². The van der Waals surface area contributed by atoms with Crippen molar-refractivity contribution in [3.63, 3.8) is 0 Å². The van der Waals surface area contributed by atoms with Crippen LogP contribution < -0.4 is 16.4 Å². The standard InChI is InChI=1S/C23H26N4O8/c1-15(25-23(31)35-14-16-5-3-2-4-6-16)21(29)26-19(11-12-20(24)28)22(30)34-13-17-7-9-18(10-8-17)27(32)33/h2-10,15,19H,11-14H2,1H3,(H2,24,28)(H,25,31)(H,26,29). The van der Waals surface area contributed by atoms with E-state index in [4.69, 9.17) is 15.2 Å². The van der Waals surface area contributed by atoms with Crippen LogP contribution in [-0.2, 0) is 37.1 Å². The number of nitro groups is 1. The summed E-state index contributed by atoms with van der Waals surface area (Å²) in [5.41, 5.74) is 6.29. The van der Waals surface area contributed by atoms with Crippen molar-refractivity contribution in [2.75, 3.05) is 0 Å². The van der Waals surface area contributed by atoms with Gasteiger partial charge in [-0.1, -0.05) is 30.3 Å². The minimum Gasteiger partial charge on any atom is -0.459 e. The zero-order valence-electron chi connectivity index (χ0n) is 19.0. The smallest absolute Gasteiger partial charge is 0.408 e. The van der Waals surface area contributed by atoms with Crippen LogP contribution in [0.25, 0.3) is 0 Å². The first kappa shape index (κ1) is 26.8. The second-order valence-corrected chi connectivity index (χ2v) is 7.53. The van der Waals surface area contributed by atoms with E-state index in [1.165, 1.54) is 31.2 Å². The first-order chi connectivity index (χ1) is 16.7. The molecule has 0 fully saturated rings. The lowest BCUT2D eigenvalue weighted by Gasteiger charge is -2.20. The lowest BCUT2D eigenvalue weighted by Crippen LogP contribution is -2.51. The van der Waals surface area contributed by atoms with E-state index in [-0.39, 0.29) is 31.7 Å². The largest absolute Gasteiger partial charge is 0.459 e. The van der Waals surface area contributed by atoms with Crippen molar-refractivity contribution in [3.05, 3.63) is 75.8 Å². The molecule has 0 aromatic heterocycles. The molecule has 0 aliphatic rings. The Morgan fingerprint density at radius 3 is 2.14 bits per heavy atom. The number of nitro benzene ring substituents is 1. The fourth-order valence-corrected chi connectivity index (χ4v) is 2.81. The number of nitrogens with one attached hydrogen (secondary N) is 2. The second-order valence-electron chi connectivity index (χ2n) is 7.53. The third-order valence-corrected chi connectivity index (χ3v) is 4.75. The highest BCUT2D eigenvalue weighted by atomic mass is 16.6. The van der Waals surface area contributed by atoms with Gasteiger partial charge in [-0.25, -0.2) is 9.59 Å². The van der Waals surface area contributed by atoms with Crippen LogP contribution in [0.2, 0.25) is 0 Å². The summed E-state index contributed by atoms with van der Waals surface area (Å²) in [5.74, 6) is -2.22. The summed E-state index contributed by atoms with van der Waals surface area (Å²) in [6.45, 7) is 1.20. The van der Waals surface area contributed by atoms with Gasteiger partial charge in [-0.2, -0.15) is 0 Å². The predicted octanol–water partition coefficient (Wildman–Crippen LogP) is 1.70. The number of primary amides is 1. The Hall–Kier alpha value is -4.48. The van der Waals surface area contributed by atoms with E-state index in [2.05, 4.69) is 10.6 Å². The first-order valence-electron chi connectivity index (χ1n) is 10.6. The maximum atomic E-state index is 12.5. The molecule has 2 rings (SSSR count). The lowest BCUT2D eigenvalue weighted by atomic mass is 10.1. The number of hydrogen-bond acceptors (Lipinski definition) is 8. The minimum absolute atomic E-state index is 0.0111. The quantitative estimate of drug-likeness (QED) is 0.230. The number of ether oxygens (including phenoxy) is 2. The third-order valence-electron chi connectivity index (χ3n) is 4.75. The number of esters is 1. The van der Waals surface area contributed by atoms with Crippen LogP contribution in [0.5, 0.6) is 0 Å². The number of benzene rings is 2. The molecular formula is C23H26N4O8. The summed E-state index contributed by atoms with van der Waals surface area (Å²) in [7, 11) is 0. The van der Waals surface area contributed by atoms with Crippen molar-refractivity contribution >= 4 is 29.6 Å². The van der Waals surface area contributed by atoms with Gasteiger partial charge in [0.25, 0.3) is 5.69 Å². The van der Waals surface area contributed by atoms with E-state index < -0.39 is 40.9 Å². The molecule has 0 heterocycles. The Balaban J connectivity index is 1.90. The van der Waals surface area contributed by atoms with E-state index in [1.807, 2.05) is 6.07 Å². The SMILES string of the molecule is CC(NC(=O)OCc1ccccc1)C(=O)NC(CCC(N)=O)C(=O)OCc1ccc([N+](=O)[O-])cc1. The van der Waals surface area contributed by atoms with Gasteiger partial charge in [-0.3, -0.25) is 19.7 Å². The average Bonchev–Trinajstić information content (AvgIpc) is 2.84. The Labute approximate surface area is 200 Å². The molecule has 0 bridgehead atoms. The fourth-order valence-electron chi connectivity index (χ4n) is 2.81. The molecule has 12 nitrogen and oxygen atoms in total. The van der Waals surface area contributed by atoms with Crippen LogP contribution in [-0.4, -0.2) is 40.9 Å². The van der Waals surface area contributed by atoms with Gasteiger partial charge in [-0.05, 0) is 36.6 Å². The van der Waals surface area contributed by atoms with Crippen molar-refractivity contribution in [2.45, 2.75) is 45.1 Å². The molecule has 0 radical (unpaired) electrons. The van der Waals surface area contributed by atoms with Gasteiger partial charge in [0.2, 0.25) is 11.8 Å². The Kier molecular flexibility index (Phi) is 10.2. The van der Waals surface area contributed by atoms with Crippen LogP contribution in [0.4, 0.5) is 10.5 Å². The van der Waals surface area contributed by atoms with Crippen molar-refractivity contribution in [2.24, 2.45) is 5.73 Å². The molecule has 2 aromatic rings. The summed E-state index contributed by atoms with van der Waals surface area (Å²) in [5, 5.41) is 15.5. The summed E-state index contributed by atoms with van der Waals surface area (Å²) in [4.78, 5) is 58.4. The highest BCUT2D eigenvalue weighted by molar-refractivity contribution is 5.89. The van der Waals surface area contributed by atoms with E-state index in [9.17, 15) is 29.3 Å². The maximum Gasteiger partial charge on any atom is 0.408 e. The Morgan fingerprint density at radius 2 is 1.54 bits per heavy atom. The minimum atomic E-state index is -1.21. The van der Waals surface area contributed by atoms with Gasteiger partial charge in [0.15, 0.2) is 0 Å². The molecule has 2 aromatic carbocycles. The van der Waals surface area contributed by atoms with Gasteiger partial charge in [0.1, 0.15) is 25.3 Å². The van der Waals surface area contributed by atoms with Gasteiger partial charge in [0, 0.05) is 18.6 Å². The number of non-ortho nitro benzene ring substituents is 1. The number of alkyl carbamates (subject to hydrolysis) is 1. The first-order valence-corrected chi connectivity index (χ1v) is 10.6. The number of hydrogen-bond donors (Lipinski definition) is 3. The zero-order valence-corrected chi connectivity index (χ0v) is 19.0. The van der Waals surface area contributed by atoms with Gasteiger partial charge < -0.3 is 25.8 Å². The summed E-state index contributed by atoms with van der Waals surface area (Å²) in [6, 6.07) is 12.1. The van der Waals surface area contributed by atoms with E-state index in [1.54, 1.807) is 24.3 Å². The van der Waals surface area contributed by atoms with Crippen LogP contribution in [0, 0.1) is 10.1 Å². The second kappa shape index (κ2) is 13.3. The molecule has 0 spiro atoms. The molecule has 0 saturated heterocycles. The molecule has 2 atom stereocenters. The van der Waals surface area contributed by atoms with Crippen LogP contribution >= 0.6 is 0 Å². The third kappa shape index (κ3) is 9.50.